The molecule has 1 atom stereocenters. The highest BCUT2D eigenvalue weighted by atomic mass is 31.2. The number of phenols is 1. The van der Waals surface area contributed by atoms with E-state index < -0.39 is 8.38 Å². The molecule has 0 radical (unpaired) electrons. The fourth-order valence-corrected chi connectivity index (χ4v) is 4.51. The summed E-state index contributed by atoms with van der Waals surface area (Å²) < 4.78 is 12.1. The Morgan fingerprint density at radius 3 is 2.41 bits per heavy atom. The monoisotopic (exact) mass is 408 g/mol. The van der Waals surface area contributed by atoms with Gasteiger partial charge < -0.3 is 14.2 Å². The van der Waals surface area contributed by atoms with Gasteiger partial charge in [0.1, 0.15) is 11.5 Å². The average molecular weight is 408 g/mol. The van der Waals surface area contributed by atoms with Gasteiger partial charge in [0.05, 0.1) is 5.56 Å². The molecule has 3 aromatic rings. The zero-order valence-corrected chi connectivity index (χ0v) is 18.3. The molecule has 0 bridgehead atoms. The van der Waals surface area contributed by atoms with Crippen molar-refractivity contribution in [1.82, 2.24) is 0 Å². The Kier molecular flexibility index (Phi) is 7.69. The molecule has 3 nitrogen and oxygen atoms in total. The van der Waals surface area contributed by atoms with E-state index in [2.05, 4.69) is 19.1 Å². The number of phenolic OH excluding ortho intramolecular Hbond substituents is 1. The van der Waals surface area contributed by atoms with Crippen molar-refractivity contribution in [3.05, 3.63) is 77.9 Å². The Hall–Kier alpha value is -2.35. The van der Waals surface area contributed by atoms with E-state index >= 15 is 0 Å². The maximum atomic E-state index is 10.9. The molecule has 0 fully saturated rings. The summed E-state index contributed by atoms with van der Waals surface area (Å²) in [6.07, 6.45) is 4.35. The van der Waals surface area contributed by atoms with Crippen LogP contribution in [-0.2, 0) is 10.9 Å². The van der Waals surface area contributed by atoms with Gasteiger partial charge in [-0.05, 0) is 55.2 Å². The van der Waals surface area contributed by atoms with Crippen molar-refractivity contribution in [2.24, 2.45) is 0 Å². The van der Waals surface area contributed by atoms with Crippen LogP contribution in [-0.4, -0.2) is 12.2 Å². The molecule has 0 saturated carbocycles. The van der Waals surface area contributed by atoms with Crippen molar-refractivity contribution in [2.75, 3.05) is 7.11 Å². The zero-order valence-electron chi connectivity index (χ0n) is 17.4. The van der Waals surface area contributed by atoms with Crippen LogP contribution in [0.3, 0.4) is 0 Å². The summed E-state index contributed by atoms with van der Waals surface area (Å²) in [7, 11) is 0.367. The molecule has 0 saturated heterocycles. The van der Waals surface area contributed by atoms with Crippen molar-refractivity contribution in [1.29, 1.82) is 0 Å². The van der Waals surface area contributed by atoms with Gasteiger partial charge in [0.15, 0.2) is 0 Å². The number of unbranched alkanes of at least 4 members (excludes halogenated alkanes) is 2. The van der Waals surface area contributed by atoms with Crippen molar-refractivity contribution >= 4 is 13.7 Å². The molecule has 0 aliphatic rings. The number of hydrogen-bond donors (Lipinski definition) is 1. The predicted molar refractivity (Wildman–Crippen MR) is 122 cm³/mol. The molecule has 152 valence electrons. The Balaban J connectivity index is 2.02. The van der Waals surface area contributed by atoms with Crippen LogP contribution in [0.1, 0.15) is 37.3 Å². The lowest BCUT2D eigenvalue weighted by atomic mass is 9.98. The second-order valence-electron chi connectivity index (χ2n) is 7.18. The third-order valence-corrected chi connectivity index (χ3v) is 6.24. The number of benzene rings is 3. The third-order valence-electron chi connectivity index (χ3n) is 4.83. The standard InChI is InChI=1S/C25H29O3P/c1-4-5-7-12-20-17-23(26)25(21-13-10-11-19(2)16-21)24(18-20)28-29(27-3)22-14-8-6-9-15-22/h6,8-11,13-18,26H,4-5,7,12H2,1-3H3. The van der Waals surface area contributed by atoms with E-state index in [0.29, 0.717) is 11.3 Å². The van der Waals surface area contributed by atoms with Gasteiger partial charge >= 0.3 is 0 Å². The summed E-state index contributed by atoms with van der Waals surface area (Å²) in [5, 5.41) is 11.9. The highest BCUT2D eigenvalue weighted by Crippen LogP contribution is 2.46. The average Bonchev–Trinajstić information content (AvgIpc) is 2.72. The fraction of sp³-hybridized carbons (Fsp3) is 0.280. The SMILES string of the molecule is CCCCCc1cc(O)c(-c2cccc(C)c2)c(OP(OC)c2ccccc2)c1. The molecular weight excluding hydrogens is 379 g/mol. The van der Waals surface area contributed by atoms with Crippen molar-refractivity contribution in [2.45, 2.75) is 39.5 Å². The van der Waals surface area contributed by atoms with Gasteiger partial charge in [-0.1, -0.05) is 67.8 Å². The van der Waals surface area contributed by atoms with Gasteiger partial charge in [0.2, 0.25) is 0 Å². The molecule has 1 N–H and O–H groups in total. The Bertz CT molecular complexity index is 925. The van der Waals surface area contributed by atoms with Crippen molar-refractivity contribution in [3.8, 4) is 22.6 Å². The quantitative estimate of drug-likeness (QED) is 0.314. The van der Waals surface area contributed by atoms with Gasteiger partial charge in [0.25, 0.3) is 8.38 Å². The second kappa shape index (κ2) is 10.4. The number of aromatic hydroxyl groups is 1. The predicted octanol–water partition coefficient (Wildman–Crippen LogP) is 6.76. The molecule has 0 aliphatic heterocycles. The summed E-state index contributed by atoms with van der Waals surface area (Å²) in [5.41, 5.74) is 3.88. The summed E-state index contributed by atoms with van der Waals surface area (Å²) in [6.45, 7) is 4.24. The molecule has 0 aromatic heterocycles. The van der Waals surface area contributed by atoms with Crippen LogP contribution in [0.4, 0.5) is 0 Å². The molecule has 0 amide bonds. The Morgan fingerprint density at radius 1 is 0.931 bits per heavy atom. The molecule has 4 heteroatoms. The van der Waals surface area contributed by atoms with Crippen LogP contribution < -0.4 is 9.83 Å². The maximum absolute atomic E-state index is 10.9. The van der Waals surface area contributed by atoms with Crippen LogP contribution in [0.25, 0.3) is 11.1 Å². The summed E-state index contributed by atoms with van der Waals surface area (Å²) >= 11 is 0. The minimum Gasteiger partial charge on any atom is -0.507 e. The van der Waals surface area contributed by atoms with E-state index in [1.807, 2.05) is 61.5 Å². The molecule has 1 unspecified atom stereocenters. The van der Waals surface area contributed by atoms with Crippen molar-refractivity contribution < 1.29 is 14.2 Å². The minimum atomic E-state index is -1.30. The second-order valence-corrected chi connectivity index (χ2v) is 8.76. The lowest BCUT2D eigenvalue weighted by molar-refractivity contribution is 0.404. The first-order valence-corrected chi connectivity index (χ1v) is 11.3. The van der Waals surface area contributed by atoms with Gasteiger partial charge in [-0.2, -0.15) is 0 Å². The maximum Gasteiger partial charge on any atom is 0.264 e. The molecular formula is C25H29O3P. The van der Waals surface area contributed by atoms with E-state index in [4.69, 9.17) is 9.05 Å². The normalized spacial score (nSPS) is 12.0. The van der Waals surface area contributed by atoms with Crippen LogP contribution in [0, 0.1) is 6.92 Å². The number of rotatable bonds is 9. The summed E-state index contributed by atoms with van der Waals surface area (Å²) in [5.74, 6) is 0.914. The van der Waals surface area contributed by atoms with E-state index in [1.165, 1.54) is 12.8 Å². The highest BCUT2D eigenvalue weighted by molar-refractivity contribution is 7.56. The van der Waals surface area contributed by atoms with Gasteiger partial charge in [0, 0.05) is 12.4 Å². The van der Waals surface area contributed by atoms with E-state index in [-0.39, 0.29) is 5.75 Å². The fourth-order valence-electron chi connectivity index (χ4n) is 3.38. The van der Waals surface area contributed by atoms with E-state index in [0.717, 1.165) is 34.8 Å². The molecule has 29 heavy (non-hydrogen) atoms. The third kappa shape index (κ3) is 5.59. The van der Waals surface area contributed by atoms with E-state index in [1.54, 1.807) is 7.11 Å². The minimum absolute atomic E-state index is 0.249. The highest BCUT2D eigenvalue weighted by Gasteiger charge is 2.20. The van der Waals surface area contributed by atoms with Gasteiger partial charge in [-0.3, -0.25) is 0 Å². The van der Waals surface area contributed by atoms with Crippen molar-refractivity contribution in [3.63, 3.8) is 0 Å². The Morgan fingerprint density at radius 2 is 1.72 bits per heavy atom. The van der Waals surface area contributed by atoms with Gasteiger partial charge in [-0.25, -0.2) is 0 Å². The molecule has 3 aromatic carbocycles. The van der Waals surface area contributed by atoms with Crippen LogP contribution in [0.5, 0.6) is 11.5 Å². The summed E-state index contributed by atoms with van der Waals surface area (Å²) in [4.78, 5) is 0. The van der Waals surface area contributed by atoms with Crippen LogP contribution in [0.2, 0.25) is 0 Å². The number of aryl methyl sites for hydroxylation is 2. The smallest absolute Gasteiger partial charge is 0.264 e. The first-order chi connectivity index (χ1) is 14.1. The number of hydrogen-bond acceptors (Lipinski definition) is 3. The topological polar surface area (TPSA) is 38.7 Å². The molecule has 0 aliphatic carbocycles. The molecule has 0 spiro atoms. The van der Waals surface area contributed by atoms with Crippen LogP contribution >= 0.6 is 8.38 Å². The lowest BCUT2D eigenvalue weighted by Crippen LogP contribution is -2.06. The first-order valence-electron chi connectivity index (χ1n) is 10.1. The molecule has 3 rings (SSSR count). The lowest BCUT2D eigenvalue weighted by Gasteiger charge is -2.20. The van der Waals surface area contributed by atoms with Gasteiger partial charge in [-0.15, -0.1) is 0 Å². The molecule has 0 heterocycles. The van der Waals surface area contributed by atoms with Crippen LogP contribution in [0.15, 0.2) is 66.7 Å². The summed E-state index contributed by atoms with van der Waals surface area (Å²) in [6, 6.07) is 22.0. The zero-order chi connectivity index (χ0) is 20.6. The Labute approximate surface area is 175 Å². The largest absolute Gasteiger partial charge is 0.507 e. The first kappa shape index (κ1) is 21.4. The van der Waals surface area contributed by atoms with E-state index in [9.17, 15) is 5.11 Å².